The second kappa shape index (κ2) is 0.906. The number of hydrogen-bond donors (Lipinski definition) is 0. The molecule has 10 rings (SSSR count). The number of fused-ring (bicyclic) bond motifs is 10. The average molecular weight is 358 g/mol. The van der Waals surface area contributed by atoms with Crippen molar-refractivity contribution in [3.63, 3.8) is 0 Å². The van der Waals surface area contributed by atoms with Crippen molar-refractivity contribution in [3.05, 3.63) is 0 Å². The first-order valence-corrected chi connectivity index (χ1v) is 23.2. The first-order valence-electron chi connectivity index (χ1n) is 9.56. The van der Waals surface area contributed by atoms with Crippen LogP contribution in [0.3, 0.4) is 0 Å². The van der Waals surface area contributed by atoms with Crippen LogP contribution in [0.4, 0.5) is 0 Å². The van der Waals surface area contributed by atoms with Crippen LogP contribution in [-0.4, -0.2) is 16.1 Å². The summed E-state index contributed by atoms with van der Waals surface area (Å²) in [6.07, 6.45) is 0. The number of hydrogen-bond acceptors (Lipinski definition) is 0. The molecular weight excluding hydrogens is 328 g/mol. The summed E-state index contributed by atoms with van der Waals surface area (Å²) < 4.78 is 2.39. The molecule has 10 heterocycles. The third-order valence-corrected chi connectivity index (χ3v) is 65.0. The van der Waals surface area contributed by atoms with Gasteiger partial charge in [0.15, 0.2) is 0 Å². The van der Waals surface area contributed by atoms with Gasteiger partial charge in [-0.05, 0) is 0 Å². The van der Waals surface area contributed by atoms with Gasteiger partial charge in [-0.25, -0.2) is 0 Å². The Hall–Kier alpha value is 0.953. The maximum absolute atomic E-state index is 2.97. The SMILES string of the molecule is C[Si](C)(C)C[C]12[CH]3[CH]4[CH]5[CH]1[Fe]45321678[CH]2[CH]1[CH]6[C]7(C[Si](C)(C)C)[CH]28. The van der Waals surface area contributed by atoms with Gasteiger partial charge in [-0.2, -0.15) is 0 Å². The van der Waals surface area contributed by atoms with E-state index in [-0.39, 0.29) is 0 Å². The third kappa shape index (κ3) is 0.132. The van der Waals surface area contributed by atoms with Gasteiger partial charge in [0.2, 0.25) is 0 Å². The van der Waals surface area contributed by atoms with E-state index in [2.05, 4.69) is 39.3 Å². The van der Waals surface area contributed by atoms with Crippen LogP contribution in [0.5, 0.6) is 0 Å². The molecule has 118 valence electrons. The molecule has 0 N–H and O–H groups in total. The molecule has 8 atom stereocenters. The van der Waals surface area contributed by atoms with E-state index in [0.29, 0.717) is 0 Å². The van der Waals surface area contributed by atoms with Crippen LogP contribution in [-0.2, 0) is 6.51 Å². The summed E-state index contributed by atoms with van der Waals surface area (Å²) >= 11 is 0. The summed E-state index contributed by atoms with van der Waals surface area (Å²) in [5.41, 5.74) is 0. The maximum atomic E-state index is 2.71. The minimum atomic E-state index is -2.97. The van der Waals surface area contributed by atoms with Crippen LogP contribution < -0.4 is 0 Å². The standard InChI is InChI=1S/2C9H15Si.Fe/c2*1-10(2,3)8-9-6-4-5-7-9;/h2*4-7H,8H2,1-3H3;. The summed E-state index contributed by atoms with van der Waals surface area (Å²) in [5.74, 6) is 0. The Morgan fingerprint density at radius 2 is 0.905 bits per heavy atom. The van der Waals surface area contributed by atoms with Crippen molar-refractivity contribution in [3.8, 4) is 0 Å². The fourth-order valence-electron chi connectivity index (χ4n) is 20.0. The molecule has 10 fully saturated rings. The normalized spacial score (nSPS) is 104. The van der Waals surface area contributed by atoms with Gasteiger partial charge in [0.1, 0.15) is 0 Å². The molecule has 0 aromatic carbocycles. The molecule has 0 nitrogen and oxygen atoms in total. The third-order valence-electron chi connectivity index (χ3n) is 17.0. The molecule has 0 bridgehead atoms. The summed E-state index contributed by atoms with van der Waals surface area (Å²) in [7, 11) is -1.72. The molecule has 10 aliphatic heterocycles. The van der Waals surface area contributed by atoms with Gasteiger partial charge < -0.3 is 0 Å². The van der Waals surface area contributed by atoms with Gasteiger partial charge in [-0.1, -0.05) is 0 Å². The van der Waals surface area contributed by atoms with Crippen LogP contribution >= 0.6 is 0 Å². The Kier molecular flexibility index (Phi) is 0.434. The molecule has 0 aromatic rings. The predicted octanol–water partition coefficient (Wildman–Crippen LogP) is 6.79. The predicted molar refractivity (Wildman–Crippen MR) is 91.7 cm³/mol. The van der Waals surface area contributed by atoms with Crippen molar-refractivity contribution >= 4 is 16.1 Å². The van der Waals surface area contributed by atoms with E-state index in [0.717, 1.165) is 0 Å². The Morgan fingerprint density at radius 3 is 1.10 bits per heavy atom. The van der Waals surface area contributed by atoms with E-state index in [1.807, 2.05) is 12.1 Å². The van der Waals surface area contributed by atoms with Gasteiger partial charge in [-0.15, -0.1) is 0 Å². The van der Waals surface area contributed by atoms with Crippen molar-refractivity contribution in [1.29, 1.82) is 0 Å². The Bertz CT molecular complexity index is 1020. The Balaban J connectivity index is 1.40. The first-order chi connectivity index (χ1) is 9.35. The molecule has 10 aliphatic rings. The van der Waals surface area contributed by atoms with Crippen LogP contribution in [0.25, 0.3) is 0 Å². The first kappa shape index (κ1) is 10.1. The zero-order valence-corrected chi connectivity index (χ0v) is 17.5. The molecule has 0 amide bonds. The van der Waals surface area contributed by atoms with Crippen LogP contribution in [0.2, 0.25) is 98.5 Å². The summed E-state index contributed by atoms with van der Waals surface area (Å²) in [6.45, 7) is 13.3. The zero-order chi connectivity index (χ0) is 14.3. The molecule has 3 heteroatoms. The van der Waals surface area contributed by atoms with E-state index < -0.39 is 22.7 Å². The second-order valence-electron chi connectivity index (χ2n) is 15.6. The van der Waals surface area contributed by atoms with Gasteiger partial charge in [0.25, 0.3) is 0 Å². The van der Waals surface area contributed by atoms with Gasteiger partial charge in [0.05, 0.1) is 0 Å². The molecule has 0 radical (unpaired) electrons. The summed E-state index contributed by atoms with van der Waals surface area (Å²) in [5, 5.41) is 0. The molecule has 0 aliphatic carbocycles. The molecule has 21 heavy (non-hydrogen) atoms. The van der Waals surface area contributed by atoms with Crippen molar-refractivity contribution in [1.82, 2.24) is 0 Å². The van der Waals surface area contributed by atoms with Gasteiger partial charge in [-0.3, -0.25) is 0 Å². The van der Waals surface area contributed by atoms with Crippen LogP contribution in [0.1, 0.15) is 0 Å². The fraction of sp³-hybridized carbons (Fsp3) is 1.00. The van der Waals surface area contributed by atoms with Crippen LogP contribution in [0, 0.1) is 0 Å². The molecule has 0 aromatic heterocycles. The Morgan fingerprint density at radius 1 is 0.619 bits per heavy atom. The fourth-order valence-corrected chi connectivity index (χ4v) is 111. The van der Waals surface area contributed by atoms with E-state index in [1.54, 1.807) is 0 Å². The number of rotatable bonds is 4. The van der Waals surface area contributed by atoms with Crippen molar-refractivity contribution in [2.45, 2.75) is 98.5 Å². The van der Waals surface area contributed by atoms with Gasteiger partial charge >= 0.3 is 121 Å². The molecule has 8 unspecified atom stereocenters. The van der Waals surface area contributed by atoms with Crippen molar-refractivity contribution in [2.75, 3.05) is 0 Å². The Labute approximate surface area is 121 Å². The van der Waals surface area contributed by atoms with Gasteiger partial charge in [0, 0.05) is 0 Å². The topological polar surface area (TPSA) is 0 Å². The van der Waals surface area contributed by atoms with E-state index in [4.69, 9.17) is 0 Å². The van der Waals surface area contributed by atoms with Crippen LogP contribution in [0.15, 0.2) is 0 Å². The van der Waals surface area contributed by atoms with E-state index >= 15 is 0 Å². The monoisotopic (exact) mass is 358 g/mol. The minimum absolute atomic E-state index is 0.862. The molecular formula is C18H30FeSi2. The summed E-state index contributed by atoms with van der Waals surface area (Å²) in [4.78, 5) is 12.2. The molecule has 1 spiro atoms. The summed E-state index contributed by atoms with van der Waals surface area (Å²) in [6, 6.07) is 3.67. The van der Waals surface area contributed by atoms with Crippen molar-refractivity contribution < 1.29 is 6.51 Å². The average Bonchev–Trinajstić information content (AvgIpc) is 3.20. The molecule has 10 saturated heterocycles. The molecule has 0 saturated carbocycles. The van der Waals surface area contributed by atoms with Crippen molar-refractivity contribution in [2.24, 2.45) is 0 Å². The van der Waals surface area contributed by atoms with E-state index in [9.17, 15) is 0 Å². The quantitative estimate of drug-likeness (QED) is 0.485. The zero-order valence-electron chi connectivity index (χ0n) is 14.4. The second-order valence-corrected chi connectivity index (χ2v) is 49.9. The van der Waals surface area contributed by atoms with E-state index in [1.165, 1.54) is 47.2 Å².